The third-order valence-corrected chi connectivity index (χ3v) is 3.17. The van der Waals surface area contributed by atoms with Gasteiger partial charge in [0.25, 0.3) is 5.56 Å². The maximum Gasteiger partial charge on any atom is 0.357 e. The van der Waals surface area contributed by atoms with Crippen molar-refractivity contribution in [2.24, 2.45) is 0 Å². The van der Waals surface area contributed by atoms with Crippen LogP contribution in [0, 0.1) is 0 Å². The van der Waals surface area contributed by atoms with E-state index in [4.69, 9.17) is 16.3 Å². The minimum atomic E-state index is -0.578. The van der Waals surface area contributed by atoms with E-state index in [0.29, 0.717) is 11.6 Å². The molecule has 0 saturated carbocycles. The van der Waals surface area contributed by atoms with Gasteiger partial charge in [-0.25, -0.2) is 14.5 Å². The highest BCUT2D eigenvalue weighted by molar-refractivity contribution is 6.32. The molecule has 2 heterocycles. The van der Waals surface area contributed by atoms with Crippen molar-refractivity contribution in [3.05, 3.63) is 45.5 Å². The molecule has 0 aliphatic rings. The molecule has 0 aromatic carbocycles. The minimum Gasteiger partial charge on any atom is -0.461 e. The molecule has 21 heavy (non-hydrogen) atoms. The Morgan fingerprint density at radius 3 is 3.00 bits per heavy atom. The predicted octanol–water partition coefficient (Wildman–Crippen LogP) is 2.56. The van der Waals surface area contributed by atoms with Gasteiger partial charge >= 0.3 is 5.97 Å². The van der Waals surface area contributed by atoms with Crippen LogP contribution in [0.25, 0.3) is 5.82 Å². The second-order valence-corrected chi connectivity index (χ2v) is 4.90. The van der Waals surface area contributed by atoms with Gasteiger partial charge in [-0.2, -0.15) is 0 Å². The molecule has 7 heteroatoms. The standard InChI is InChI=1S/C14H16ClN3O3/c1-2-3-4-8-21-14(20)11-9-12(19)17-18(11)13-10(15)6-5-7-16-13/h5-7,9H,2-4,8H2,1H3,(H,17,19). The second kappa shape index (κ2) is 7.08. The lowest BCUT2D eigenvalue weighted by Crippen LogP contribution is -2.14. The monoisotopic (exact) mass is 309 g/mol. The number of hydrogen-bond donors (Lipinski definition) is 1. The van der Waals surface area contributed by atoms with Gasteiger partial charge in [0.05, 0.1) is 11.6 Å². The number of aromatic amines is 1. The lowest BCUT2D eigenvalue weighted by molar-refractivity contribution is 0.0487. The summed E-state index contributed by atoms with van der Waals surface area (Å²) in [5, 5.41) is 2.82. The number of nitrogens with zero attached hydrogens (tertiary/aromatic N) is 2. The first-order valence-corrected chi connectivity index (χ1v) is 7.11. The number of carbonyl (C=O) groups excluding carboxylic acids is 1. The van der Waals surface area contributed by atoms with Crippen LogP contribution in [-0.2, 0) is 4.74 Å². The number of aromatic nitrogens is 3. The molecule has 112 valence electrons. The van der Waals surface area contributed by atoms with Crippen molar-refractivity contribution in [1.82, 2.24) is 14.8 Å². The molecule has 0 spiro atoms. The van der Waals surface area contributed by atoms with Gasteiger partial charge in [0, 0.05) is 12.3 Å². The summed E-state index contributed by atoms with van der Waals surface area (Å²) in [5.74, 6) is -0.298. The van der Waals surface area contributed by atoms with Gasteiger partial charge in [-0.15, -0.1) is 0 Å². The SMILES string of the molecule is CCCCCOC(=O)c1cc(=O)[nH]n1-c1ncccc1Cl. The molecule has 0 radical (unpaired) electrons. The van der Waals surface area contributed by atoms with E-state index in [1.807, 2.05) is 0 Å². The van der Waals surface area contributed by atoms with E-state index < -0.39 is 11.5 Å². The fourth-order valence-electron chi connectivity index (χ4n) is 1.84. The summed E-state index contributed by atoms with van der Waals surface area (Å²) in [5.41, 5.74) is -0.339. The van der Waals surface area contributed by atoms with Gasteiger partial charge in [-0.3, -0.25) is 9.89 Å². The quantitative estimate of drug-likeness (QED) is 0.657. The number of ether oxygens (including phenoxy) is 1. The molecule has 0 fully saturated rings. The lowest BCUT2D eigenvalue weighted by Gasteiger charge is -2.08. The molecule has 2 aromatic heterocycles. The number of H-pyrrole nitrogens is 1. The van der Waals surface area contributed by atoms with Crippen LogP contribution in [0.4, 0.5) is 0 Å². The maximum atomic E-state index is 12.1. The number of rotatable bonds is 6. The zero-order valence-electron chi connectivity index (χ0n) is 11.6. The molecular formula is C14H16ClN3O3. The van der Waals surface area contributed by atoms with Crippen LogP contribution in [0.3, 0.4) is 0 Å². The van der Waals surface area contributed by atoms with E-state index in [2.05, 4.69) is 17.0 Å². The number of nitrogens with one attached hydrogen (secondary N) is 1. The molecule has 0 bridgehead atoms. The average Bonchev–Trinajstić information content (AvgIpc) is 2.86. The third kappa shape index (κ3) is 3.72. The van der Waals surface area contributed by atoms with Crippen molar-refractivity contribution in [3.8, 4) is 5.82 Å². The number of carbonyl (C=O) groups is 1. The Morgan fingerprint density at radius 1 is 1.48 bits per heavy atom. The van der Waals surface area contributed by atoms with Crippen LogP contribution in [0.2, 0.25) is 5.02 Å². The van der Waals surface area contributed by atoms with E-state index in [-0.39, 0.29) is 11.5 Å². The van der Waals surface area contributed by atoms with E-state index in [1.54, 1.807) is 12.1 Å². The molecule has 2 aromatic rings. The van der Waals surface area contributed by atoms with Gasteiger partial charge in [0.1, 0.15) is 0 Å². The second-order valence-electron chi connectivity index (χ2n) is 4.49. The van der Waals surface area contributed by atoms with Crippen LogP contribution in [-0.4, -0.2) is 27.3 Å². The summed E-state index contributed by atoms with van der Waals surface area (Å²) in [6.45, 7) is 2.39. The molecule has 0 amide bonds. The van der Waals surface area contributed by atoms with Gasteiger partial charge in [-0.1, -0.05) is 31.4 Å². The highest BCUT2D eigenvalue weighted by Crippen LogP contribution is 2.17. The number of unbranched alkanes of at least 4 members (excludes halogenated alkanes) is 2. The van der Waals surface area contributed by atoms with Crippen LogP contribution in [0.1, 0.15) is 36.7 Å². The fourth-order valence-corrected chi connectivity index (χ4v) is 2.05. The smallest absolute Gasteiger partial charge is 0.357 e. The Hall–Kier alpha value is -2.08. The zero-order valence-corrected chi connectivity index (χ0v) is 12.4. The Balaban J connectivity index is 2.23. The fraction of sp³-hybridized carbons (Fsp3) is 0.357. The van der Waals surface area contributed by atoms with E-state index in [9.17, 15) is 9.59 Å². The van der Waals surface area contributed by atoms with Crippen LogP contribution < -0.4 is 5.56 Å². The Labute approximate surface area is 126 Å². The first kappa shape index (κ1) is 15.3. The van der Waals surface area contributed by atoms with E-state index in [0.717, 1.165) is 19.3 Å². The van der Waals surface area contributed by atoms with Gasteiger partial charge in [0.15, 0.2) is 11.5 Å². The molecule has 0 atom stereocenters. The molecule has 0 unspecified atom stereocenters. The summed E-state index contributed by atoms with van der Waals surface area (Å²) in [4.78, 5) is 27.6. The topological polar surface area (TPSA) is 77.0 Å². The largest absolute Gasteiger partial charge is 0.461 e. The van der Waals surface area contributed by atoms with Crippen LogP contribution >= 0.6 is 11.6 Å². The van der Waals surface area contributed by atoms with E-state index >= 15 is 0 Å². The van der Waals surface area contributed by atoms with Gasteiger partial charge in [0.2, 0.25) is 0 Å². The van der Waals surface area contributed by atoms with Crippen molar-refractivity contribution in [3.63, 3.8) is 0 Å². The molecular weight excluding hydrogens is 294 g/mol. The van der Waals surface area contributed by atoms with Crippen molar-refractivity contribution >= 4 is 17.6 Å². The summed E-state index contributed by atoms with van der Waals surface area (Å²) in [6, 6.07) is 4.46. The highest BCUT2D eigenvalue weighted by Gasteiger charge is 2.18. The number of pyridine rings is 1. The average molecular weight is 310 g/mol. The number of halogens is 1. The maximum absolute atomic E-state index is 12.1. The first-order chi connectivity index (χ1) is 10.1. The number of esters is 1. The Kier molecular flexibility index (Phi) is 5.16. The van der Waals surface area contributed by atoms with E-state index in [1.165, 1.54) is 16.9 Å². The predicted molar refractivity (Wildman–Crippen MR) is 79.0 cm³/mol. The molecule has 0 aliphatic heterocycles. The molecule has 0 saturated heterocycles. The molecule has 6 nitrogen and oxygen atoms in total. The van der Waals surface area contributed by atoms with Gasteiger partial charge < -0.3 is 4.74 Å². The van der Waals surface area contributed by atoms with Crippen molar-refractivity contribution in [2.45, 2.75) is 26.2 Å². The summed E-state index contributed by atoms with van der Waals surface area (Å²) < 4.78 is 6.40. The van der Waals surface area contributed by atoms with Crippen molar-refractivity contribution < 1.29 is 9.53 Å². The lowest BCUT2D eigenvalue weighted by atomic mass is 10.3. The Morgan fingerprint density at radius 2 is 2.29 bits per heavy atom. The summed E-state index contributed by atoms with van der Waals surface area (Å²) in [7, 11) is 0. The molecule has 0 aliphatic carbocycles. The number of hydrogen-bond acceptors (Lipinski definition) is 4. The minimum absolute atomic E-state index is 0.0806. The molecule has 1 N–H and O–H groups in total. The summed E-state index contributed by atoms with van der Waals surface area (Å²) in [6.07, 6.45) is 4.34. The summed E-state index contributed by atoms with van der Waals surface area (Å²) >= 11 is 6.03. The van der Waals surface area contributed by atoms with Crippen LogP contribution in [0.5, 0.6) is 0 Å². The highest BCUT2D eigenvalue weighted by atomic mass is 35.5. The van der Waals surface area contributed by atoms with Gasteiger partial charge in [-0.05, 0) is 18.6 Å². The first-order valence-electron chi connectivity index (χ1n) is 6.73. The third-order valence-electron chi connectivity index (χ3n) is 2.87. The zero-order chi connectivity index (χ0) is 15.2. The Bertz CT molecular complexity index is 678. The normalized spacial score (nSPS) is 10.6. The van der Waals surface area contributed by atoms with Crippen molar-refractivity contribution in [2.75, 3.05) is 6.61 Å². The van der Waals surface area contributed by atoms with Crippen molar-refractivity contribution in [1.29, 1.82) is 0 Å². The molecule has 2 rings (SSSR count). The van der Waals surface area contributed by atoms with Crippen LogP contribution in [0.15, 0.2) is 29.2 Å².